The number of hydrogen-bond acceptors (Lipinski definition) is 3. The van der Waals surface area contributed by atoms with Crippen LogP contribution in [0.5, 0.6) is 0 Å². The molecule has 0 saturated carbocycles. The van der Waals surface area contributed by atoms with Gasteiger partial charge in [-0.25, -0.2) is 4.79 Å². The first-order valence-electron chi connectivity index (χ1n) is 6.97. The van der Waals surface area contributed by atoms with Crippen LogP contribution >= 0.6 is 0 Å². The number of alkyl carbamates (subject to hydrolysis) is 1. The molecule has 2 aromatic carbocycles. The molecule has 1 amide bonds. The van der Waals surface area contributed by atoms with Gasteiger partial charge in [0, 0.05) is 5.92 Å². The lowest BCUT2D eigenvalue weighted by Crippen LogP contribution is -2.30. The van der Waals surface area contributed by atoms with Crippen LogP contribution in [0.1, 0.15) is 17.0 Å². The average molecular weight is 297 g/mol. The van der Waals surface area contributed by atoms with Gasteiger partial charge in [0.1, 0.15) is 13.2 Å². The van der Waals surface area contributed by atoms with Crippen molar-refractivity contribution in [2.75, 3.05) is 13.2 Å². The standard InChI is InChI=1S/C17H15NO4/c19-16(20)9-18-17(21)22-10-14-6-5-13-7-11-3-1-2-4-12(11)8-15(13)14/h1-8,14H,9-10H2,(H,18,21)(H,19,20). The number of fused-ring (bicyclic) bond motifs is 2. The molecule has 3 rings (SSSR count). The van der Waals surface area contributed by atoms with Crippen LogP contribution in [-0.4, -0.2) is 30.3 Å². The van der Waals surface area contributed by atoms with E-state index < -0.39 is 18.6 Å². The highest BCUT2D eigenvalue weighted by Gasteiger charge is 2.19. The number of carboxylic acids is 1. The summed E-state index contributed by atoms with van der Waals surface area (Å²) in [6.07, 6.45) is 3.30. The van der Waals surface area contributed by atoms with Gasteiger partial charge in [-0.15, -0.1) is 0 Å². The van der Waals surface area contributed by atoms with Crippen LogP contribution in [0.15, 0.2) is 42.5 Å². The zero-order chi connectivity index (χ0) is 15.5. The van der Waals surface area contributed by atoms with Gasteiger partial charge in [0.25, 0.3) is 0 Å². The predicted molar refractivity (Wildman–Crippen MR) is 82.7 cm³/mol. The Hall–Kier alpha value is -2.82. The Bertz CT molecular complexity index is 766. The molecular formula is C17H15NO4. The number of benzene rings is 2. The summed E-state index contributed by atoms with van der Waals surface area (Å²) in [7, 11) is 0. The van der Waals surface area contributed by atoms with Crippen molar-refractivity contribution >= 4 is 28.9 Å². The lowest BCUT2D eigenvalue weighted by atomic mass is 9.97. The second-order valence-electron chi connectivity index (χ2n) is 5.14. The highest BCUT2D eigenvalue weighted by atomic mass is 16.5. The highest BCUT2D eigenvalue weighted by Crippen LogP contribution is 2.33. The average Bonchev–Trinajstić information content (AvgIpc) is 2.90. The monoisotopic (exact) mass is 297 g/mol. The maximum absolute atomic E-state index is 11.4. The predicted octanol–water partition coefficient (Wildman–Crippen LogP) is 2.76. The van der Waals surface area contributed by atoms with E-state index in [2.05, 4.69) is 23.5 Å². The third-order valence-electron chi connectivity index (χ3n) is 3.64. The number of amides is 1. The van der Waals surface area contributed by atoms with Crippen LogP contribution in [0.3, 0.4) is 0 Å². The molecule has 0 aliphatic heterocycles. The fourth-order valence-corrected chi connectivity index (χ4v) is 2.57. The molecular weight excluding hydrogens is 282 g/mol. The molecule has 112 valence electrons. The van der Waals surface area contributed by atoms with E-state index in [1.165, 1.54) is 5.39 Å². The number of carbonyl (C=O) groups excluding carboxylic acids is 1. The largest absolute Gasteiger partial charge is 0.480 e. The van der Waals surface area contributed by atoms with Gasteiger partial charge in [0.05, 0.1) is 0 Å². The van der Waals surface area contributed by atoms with Gasteiger partial charge < -0.3 is 15.2 Å². The molecule has 0 spiro atoms. The number of hydrogen-bond donors (Lipinski definition) is 2. The van der Waals surface area contributed by atoms with Crippen molar-refractivity contribution in [2.45, 2.75) is 5.92 Å². The Kier molecular flexibility index (Phi) is 3.78. The van der Waals surface area contributed by atoms with E-state index in [-0.39, 0.29) is 12.5 Å². The molecule has 5 heteroatoms. The summed E-state index contributed by atoms with van der Waals surface area (Å²) in [5.74, 6) is -1.11. The van der Waals surface area contributed by atoms with E-state index in [0.29, 0.717) is 0 Å². The molecule has 1 unspecified atom stereocenters. The minimum atomic E-state index is -1.10. The fourth-order valence-electron chi connectivity index (χ4n) is 2.57. The quantitative estimate of drug-likeness (QED) is 0.910. The first-order chi connectivity index (χ1) is 10.6. The molecule has 1 atom stereocenters. The van der Waals surface area contributed by atoms with E-state index in [1.807, 2.05) is 30.4 Å². The van der Waals surface area contributed by atoms with Crippen molar-refractivity contribution in [1.29, 1.82) is 0 Å². The first-order valence-corrected chi connectivity index (χ1v) is 6.97. The lowest BCUT2D eigenvalue weighted by Gasteiger charge is -2.13. The Morgan fingerprint density at radius 1 is 1.18 bits per heavy atom. The third kappa shape index (κ3) is 2.93. The number of aliphatic carboxylic acids is 1. The third-order valence-corrected chi connectivity index (χ3v) is 3.64. The highest BCUT2D eigenvalue weighted by molar-refractivity contribution is 5.87. The molecule has 2 N–H and O–H groups in total. The van der Waals surface area contributed by atoms with Gasteiger partial charge in [-0.1, -0.05) is 36.4 Å². The molecule has 5 nitrogen and oxygen atoms in total. The molecule has 1 aliphatic carbocycles. The Morgan fingerprint density at radius 2 is 1.91 bits per heavy atom. The number of nitrogens with one attached hydrogen (secondary N) is 1. The van der Waals surface area contributed by atoms with Crippen molar-refractivity contribution in [1.82, 2.24) is 5.32 Å². The maximum Gasteiger partial charge on any atom is 0.407 e. The summed E-state index contributed by atoms with van der Waals surface area (Å²) in [4.78, 5) is 21.8. The fraction of sp³-hybridized carbons (Fsp3) is 0.176. The summed E-state index contributed by atoms with van der Waals surface area (Å²) in [5.41, 5.74) is 2.24. The summed E-state index contributed by atoms with van der Waals surface area (Å²) in [6.45, 7) is -0.256. The van der Waals surface area contributed by atoms with E-state index in [9.17, 15) is 9.59 Å². The minimum absolute atomic E-state index is 0.00446. The van der Waals surface area contributed by atoms with Crippen molar-refractivity contribution in [3.05, 3.63) is 53.6 Å². The van der Waals surface area contributed by atoms with Gasteiger partial charge in [0.2, 0.25) is 0 Å². The lowest BCUT2D eigenvalue weighted by molar-refractivity contribution is -0.135. The molecule has 0 bridgehead atoms. The van der Waals surface area contributed by atoms with E-state index in [1.54, 1.807) is 0 Å². The van der Waals surface area contributed by atoms with E-state index >= 15 is 0 Å². The smallest absolute Gasteiger partial charge is 0.407 e. The van der Waals surface area contributed by atoms with Crippen LogP contribution in [0, 0.1) is 0 Å². The number of carboxylic acid groups (broad SMARTS) is 1. The first kappa shape index (κ1) is 14.1. The number of rotatable bonds is 4. The number of ether oxygens (including phenoxy) is 1. The van der Waals surface area contributed by atoms with Gasteiger partial charge in [0.15, 0.2) is 0 Å². The Labute approximate surface area is 127 Å². The molecule has 1 aliphatic rings. The SMILES string of the molecule is O=C(O)CNC(=O)OCC1C=Cc2cc3ccccc3cc21. The summed E-state index contributed by atoms with van der Waals surface area (Å²) in [5, 5.41) is 13.0. The second-order valence-corrected chi connectivity index (χ2v) is 5.14. The minimum Gasteiger partial charge on any atom is -0.480 e. The van der Waals surface area contributed by atoms with Gasteiger partial charge >= 0.3 is 12.1 Å². The van der Waals surface area contributed by atoms with E-state index in [0.717, 1.165) is 16.5 Å². The van der Waals surface area contributed by atoms with Gasteiger partial charge in [-0.3, -0.25) is 4.79 Å². The number of carbonyl (C=O) groups is 2. The van der Waals surface area contributed by atoms with Crippen molar-refractivity contribution in [3.63, 3.8) is 0 Å². The van der Waals surface area contributed by atoms with E-state index in [4.69, 9.17) is 9.84 Å². The zero-order valence-corrected chi connectivity index (χ0v) is 11.8. The molecule has 0 fully saturated rings. The molecule has 22 heavy (non-hydrogen) atoms. The van der Waals surface area contributed by atoms with Gasteiger partial charge in [-0.2, -0.15) is 0 Å². The summed E-state index contributed by atoms with van der Waals surface area (Å²) >= 11 is 0. The topological polar surface area (TPSA) is 75.6 Å². The molecule has 2 aromatic rings. The maximum atomic E-state index is 11.4. The normalized spacial score (nSPS) is 15.5. The van der Waals surface area contributed by atoms with Crippen LogP contribution < -0.4 is 5.32 Å². The van der Waals surface area contributed by atoms with Crippen LogP contribution in [0.25, 0.3) is 16.8 Å². The summed E-state index contributed by atoms with van der Waals surface area (Å²) in [6, 6.07) is 12.3. The van der Waals surface area contributed by atoms with Crippen molar-refractivity contribution < 1.29 is 19.4 Å². The van der Waals surface area contributed by atoms with Crippen LogP contribution in [0.2, 0.25) is 0 Å². The molecule has 0 aromatic heterocycles. The Morgan fingerprint density at radius 3 is 2.64 bits per heavy atom. The van der Waals surface area contributed by atoms with Crippen LogP contribution in [0.4, 0.5) is 4.79 Å². The molecule has 0 radical (unpaired) electrons. The Balaban J connectivity index is 1.69. The van der Waals surface area contributed by atoms with Crippen LogP contribution in [-0.2, 0) is 9.53 Å². The molecule has 0 saturated heterocycles. The van der Waals surface area contributed by atoms with Crippen molar-refractivity contribution in [2.24, 2.45) is 0 Å². The molecule has 0 heterocycles. The zero-order valence-electron chi connectivity index (χ0n) is 11.8. The summed E-state index contributed by atoms with van der Waals surface area (Å²) < 4.78 is 5.08. The van der Waals surface area contributed by atoms with Gasteiger partial charge in [-0.05, 0) is 34.0 Å². The second kappa shape index (κ2) is 5.89. The van der Waals surface area contributed by atoms with Crippen molar-refractivity contribution in [3.8, 4) is 0 Å².